The number of nitrogens with one attached hydrogen (secondary N) is 1. The first kappa shape index (κ1) is 16.8. The second-order valence-electron chi connectivity index (χ2n) is 5.20. The zero-order valence-corrected chi connectivity index (χ0v) is 13.6. The summed E-state index contributed by atoms with van der Waals surface area (Å²) in [7, 11) is 0. The number of halogens is 1. The lowest BCUT2D eigenvalue weighted by Gasteiger charge is -2.15. The molecule has 1 rings (SSSR count). The molecule has 0 aliphatic carbocycles. The van der Waals surface area contributed by atoms with Gasteiger partial charge in [-0.05, 0) is 41.3 Å². The van der Waals surface area contributed by atoms with Crippen molar-refractivity contribution >= 4 is 27.8 Å². The molecule has 0 radical (unpaired) electrons. The first-order valence-corrected chi connectivity index (χ1v) is 7.51. The molecule has 0 aromatic carbocycles. The van der Waals surface area contributed by atoms with E-state index in [1.165, 1.54) is 0 Å². The Morgan fingerprint density at radius 1 is 1.45 bits per heavy atom. The molecule has 0 aliphatic rings. The monoisotopic (exact) mass is 344 g/mol. The highest BCUT2D eigenvalue weighted by Crippen LogP contribution is 2.15. The Morgan fingerprint density at radius 3 is 2.60 bits per heavy atom. The van der Waals surface area contributed by atoms with Crippen LogP contribution in [0.4, 0.5) is 0 Å². The fourth-order valence-electron chi connectivity index (χ4n) is 2.07. The van der Waals surface area contributed by atoms with E-state index in [1.807, 2.05) is 31.5 Å². The van der Waals surface area contributed by atoms with Crippen molar-refractivity contribution in [3.63, 3.8) is 0 Å². The van der Waals surface area contributed by atoms with Crippen LogP contribution in [0.3, 0.4) is 0 Å². The lowest BCUT2D eigenvalue weighted by molar-refractivity contribution is -0.142. The van der Waals surface area contributed by atoms with E-state index in [9.17, 15) is 9.59 Å². The lowest BCUT2D eigenvalue weighted by atomic mass is 9.97. The van der Waals surface area contributed by atoms with Crippen molar-refractivity contribution in [2.75, 3.05) is 6.54 Å². The summed E-state index contributed by atoms with van der Waals surface area (Å²) in [6, 6.07) is 1.73. The standard InChI is InChI=1S/C14H21BrN2O3/c1-4-17-8-11(15)6-12(17)13(18)16-7-10(14(19)20)5-9(2)3/h6,8-10H,4-5,7H2,1-3H3,(H,16,18)(H,19,20). The molecule has 0 aliphatic heterocycles. The van der Waals surface area contributed by atoms with E-state index in [2.05, 4.69) is 21.2 Å². The normalized spacial score (nSPS) is 12.4. The van der Waals surface area contributed by atoms with Gasteiger partial charge in [0.15, 0.2) is 0 Å². The maximum atomic E-state index is 12.1. The Morgan fingerprint density at radius 2 is 2.10 bits per heavy atom. The minimum Gasteiger partial charge on any atom is -0.481 e. The van der Waals surface area contributed by atoms with Gasteiger partial charge in [-0.3, -0.25) is 9.59 Å². The minimum absolute atomic E-state index is 0.152. The third kappa shape index (κ3) is 4.67. The molecule has 112 valence electrons. The number of aliphatic carboxylic acids is 1. The Bertz CT molecular complexity index is 483. The SMILES string of the molecule is CCn1cc(Br)cc1C(=O)NCC(CC(C)C)C(=O)O. The first-order chi connectivity index (χ1) is 9.35. The van der Waals surface area contributed by atoms with Crippen molar-refractivity contribution in [3.05, 3.63) is 22.4 Å². The Labute approximate surface area is 127 Å². The average molecular weight is 345 g/mol. The largest absolute Gasteiger partial charge is 0.481 e. The molecule has 1 unspecified atom stereocenters. The van der Waals surface area contributed by atoms with E-state index >= 15 is 0 Å². The molecular weight excluding hydrogens is 324 g/mol. The summed E-state index contributed by atoms with van der Waals surface area (Å²) in [4.78, 5) is 23.3. The number of amides is 1. The Hall–Kier alpha value is -1.30. The van der Waals surface area contributed by atoms with Crippen LogP contribution in [-0.4, -0.2) is 28.1 Å². The third-order valence-electron chi connectivity index (χ3n) is 3.05. The third-order valence-corrected chi connectivity index (χ3v) is 3.48. The lowest BCUT2D eigenvalue weighted by Crippen LogP contribution is -2.34. The molecule has 1 heterocycles. The fourth-order valence-corrected chi connectivity index (χ4v) is 2.54. The van der Waals surface area contributed by atoms with Crippen LogP contribution in [-0.2, 0) is 11.3 Å². The van der Waals surface area contributed by atoms with E-state index in [0.717, 1.165) is 4.47 Å². The molecule has 0 fully saturated rings. The average Bonchev–Trinajstić information content (AvgIpc) is 2.74. The quantitative estimate of drug-likeness (QED) is 0.798. The number of nitrogens with zero attached hydrogens (tertiary/aromatic N) is 1. The zero-order chi connectivity index (χ0) is 15.3. The number of aryl methyl sites for hydroxylation is 1. The molecule has 6 heteroatoms. The molecule has 2 N–H and O–H groups in total. The summed E-state index contributed by atoms with van der Waals surface area (Å²) in [5.74, 6) is -1.38. The van der Waals surface area contributed by atoms with E-state index < -0.39 is 11.9 Å². The Kier molecular flexibility index (Phi) is 6.26. The van der Waals surface area contributed by atoms with E-state index in [1.54, 1.807) is 6.07 Å². The Balaban J connectivity index is 2.67. The van der Waals surface area contributed by atoms with Crippen molar-refractivity contribution in [2.45, 2.75) is 33.7 Å². The molecule has 0 saturated heterocycles. The van der Waals surface area contributed by atoms with Gasteiger partial charge in [-0.2, -0.15) is 0 Å². The topological polar surface area (TPSA) is 71.3 Å². The number of hydrogen-bond donors (Lipinski definition) is 2. The van der Waals surface area contributed by atoms with Crippen molar-refractivity contribution in [1.82, 2.24) is 9.88 Å². The minimum atomic E-state index is -0.869. The van der Waals surface area contributed by atoms with Crippen molar-refractivity contribution in [3.8, 4) is 0 Å². The van der Waals surface area contributed by atoms with Gasteiger partial charge < -0.3 is 15.0 Å². The molecule has 1 aromatic rings. The maximum Gasteiger partial charge on any atom is 0.308 e. The van der Waals surface area contributed by atoms with Crippen LogP contribution in [0, 0.1) is 11.8 Å². The predicted octanol–water partition coefficient (Wildman–Crippen LogP) is 2.75. The van der Waals surface area contributed by atoms with Crippen LogP contribution in [0.15, 0.2) is 16.7 Å². The molecule has 5 nitrogen and oxygen atoms in total. The molecule has 0 spiro atoms. The summed E-state index contributed by atoms with van der Waals surface area (Å²) in [5.41, 5.74) is 0.535. The number of carbonyl (C=O) groups is 2. The number of rotatable bonds is 7. The van der Waals surface area contributed by atoms with Gasteiger partial charge in [-0.15, -0.1) is 0 Å². The molecule has 1 amide bonds. The molecule has 1 aromatic heterocycles. The van der Waals surface area contributed by atoms with Crippen molar-refractivity contribution in [1.29, 1.82) is 0 Å². The molecule has 1 atom stereocenters. The van der Waals surface area contributed by atoms with E-state index in [-0.39, 0.29) is 18.4 Å². The summed E-state index contributed by atoms with van der Waals surface area (Å²) >= 11 is 3.33. The van der Waals surface area contributed by atoms with Crippen molar-refractivity contribution in [2.24, 2.45) is 11.8 Å². The second kappa shape index (κ2) is 7.47. The van der Waals surface area contributed by atoms with Gasteiger partial charge in [0.1, 0.15) is 5.69 Å². The van der Waals surface area contributed by atoms with Gasteiger partial charge in [-0.25, -0.2) is 0 Å². The number of carboxylic acids is 1. The van der Waals surface area contributed by atoms with E-state index in [0.29, 0.717) is 18.7 Å². The predicted molar refractivity (Wildman–Crippen MR) is 80.7 cm³/mol. The van der Waals surface area contributed by atoms with E-state index in [4.69, 9.17) is 5.11 Å². The molecular formula is C14H21BrN2O3. The number of hydrogen-bond acceptors (Lipinski definition) is 2. The van der Waals surface area contributed by atoms with Crippen LogP contribution >= 0.6 is 15.9 Å². The van der Waals surface area contributed by atoms with Gasteiger partial charge in [0.2, 0.25) is 0 Å². The highest BCUT2D eigenvalue weighted by molar-refractivity contribution is 9.10. The van der Waals surface area contributed by atoms with Crippen LogP contribution < -0.4 is 5.32 Å². The number of carboxylic acid groups (broad SMARTS) is 1. The number of carbonyl (C=O) groups excluding carboxylic acids is 1. The van der Waals surface area contributed by atoms with Crippen LogP contribution in [0.5, 0.6) is 0 Å². The highest BCUT2D eigenvalue weighted by Gasteiger charge is 2.21. The maximum absolute atomic E-state index is 12.1. The summed E-state index contributed by atoms with van der Waals surface area (Å²) in [6.45, 7) is 6.72. The molecule has 0 bridgehead atoms. The van der Waals surface area contributed by atoms with Crippen LogP contribution in [0.1, 0.15) is 37.7 Å². The first-order valence-electron chi connectivity index (χ1n) is 6.71. The van der Waals surface area contributed by atoms with Gasteiger partial charge in [0.25, 0.3) is 5.91 Å². The van der Waals surface area contributed by atoms with Crippen LogP contribution in [0.25, 0.3) is 0 Å². The van der Waals surface area contributed by atoms with Crippen molar-refractivity contribution < 1.29 is 14.7 Å². The van der Waals surface area contributed by atoms with Gasteiger partial charge in [-0.1, -0.05) is 13.8 Å². The summed E-state index contributed by atoms with van der Waals surface area (Å²) < 4.78 is 2.65. The highest BCUT2D eigenvalue weighted by atomic mass is 79.9. The number of aromatic nitrogens is 1. The van der Waals surface area contributed by atoms with Gasteiger partial charge >= 0.3 is 5.97 Å². The molecule has 20 heavy (non-hydrogen) atoms. The van der Waals surface area contributed by atoms with Gasteiger partial charge in [0, 0.05) is 23.8 Å². The smallest absolute Gasteiger partial charge is 0.308 e. The fraction of sp³-hybridized carbons (Fsp3) is 0.571. The summed E-state index contributed by atoms with van der Waals surface area (Å²) in [6.07, 6.45) is 2.38. The van der Waals surface area contributed by atoms with Crippen LogP contribution in [0.2, 0.25) is 0 Å². The summed E-state index contributed by atoms with van der Waals surface area (Å²) in [5, 5.41) is 11.9. The second-order valence-corrected chi connectivity index (χ2v) is 6.12. The zero-order valence-electron chi connectivity index (χ0n) is 12.0. The van der Waals surface area contributed by atoms with Gasteiger partial charge in [0.05, 0.1) is 5.92 Å². The molecule has 0 saturated carbocycles.